The van der Waals surface area contributed by atoms with E-state index in [2.05, 4.69) is 15.3 Å². The van der Waals surface area contributed by atoms with Gasteiger partial charge in [0.15, 0.2) is 11.3 Å². The molecule has 2 fully saturated rings. The third-order valence-corrected chi connectivity index (χ3v) is 4.64. The van der Waals surface area contributed by atoms with Gasteiger partial charge >= 0.3 is 11.8 Å². The summed E-state index contributed by atoms with van der Waals surface area (Å²) in [6.07, 6.45) is 6.25. The second-order valence-corrected chi connectivity index (χ2v) is 7.93. The van der Waals surface area contributed by atoms with Gasteiger partial charge in [0.05, 0.1) is 0 Å². The van der Waals surface area contributed by atoms with E-state index in [1.807, 2.05) is 20.8 Å². The molecule has 0 bridgehead atoms. The summed E-state index contributed by atoms with van der Waals surface area (Å²) in [5.41, 5.74) is 0.750. The zero-order valence-electron chi connectivity index (χ0n) is 14.7. The molecule has 0 unspecified atom stereocenters. The van der Waals surface area contributed by atoms with Crippen LogP contribution in [0, 0.1) is 0 Å². The van der Waals surface area contributed by atoms with Crippen molar-refractivity contribution >= 4 is 17.4 Å². The second kappa shape index (κ2) is 5.57. The van der Waals surface area contributed by atoms with Crippen molar-refractivity contribution in [1.82, 2.24) is 24.4 Å². The number of amides is 1. The molecular formula is C17H23N5O3. The molecule has 2 aromatic rings. The van der Waals surface area contributed by atoms with Crippen LogP contribution in [0.5, 0.6) is 0 Å². The number of rotatable bonds is 3. The van der Waals surface area contributed by atoms with Crippen molar-refractivity contribution in [2.75, 3.05) is 0 Å². The molecule has 8 heteroatoms. The van der Waals surface area contributed by atoms with Gasteiger partial charge in [-0.3, -0.25) is 9.13 Å². The molecule has 0 aromatic carbocycles. The zero-order chi connectivity index (χ0) is 17.8. The number of nitrogens with zero attached hydrogens (tertiary/aromatic N) is 4. The van der Waals surface area contributed by atoms with E-state index >= 15 is 0 Å². The highest BCUT2D eigenvalue weighted by Gasteiger charge is 2.38. The van der Waals surface area contributed by atoms with Crippen LogP contribution < -0.4 is 11.0 Å². The van der Waals surface area contributed by atoms with Crippen molar-refractivity contribution in [2.24, 2.45) is 0 Å². The van der Waals surface area contributed by atoms with E-state index < -0.39 is 11.7 Å². The average Bonchev–Trinajstić information content (AvgIpc) is 3.25. The third kappa shape index (κ3) is 3.01. The number of imidazole rings is 1. The molecule has 1 N–H and O–H groups in total. The van der Waals surface area contributed by atoms with Crippen LogP contribution in [0.3, 0.4) is 0 Å². The first-order valence-corrected chi connectivity index (χ1v) is 8.76. The molecule has 25 heavy (non-hydrogen) atoms. The minimum atomic E-state index is -0.516. The van der Waals surface area contributed by atoms with Gasteiger partial charge in [-0.1, -0.05) is 0 Å². The summed E-state index contributed by atoms with van der Waals surface area (Å²) in [6, 6.07) is 0.304. The molecule has 2 aromatic heterocycles. The van der Waals surface area contributed by atoms with Crippen LogP contribution >= 0.6 is 0 Å². The van der Waals surface area contributed by atoms with Gasteiger partial charge in [-0.2, -0.15) is 0 Å². The summed E-state index contributed by atoms with van der Waals surface area (Å²) < 4.78 is 8.80. The topological polar surface area (TPSA) is 91.0 Å². The number of fused-ring (bicyclic) bond motifs is 1. The number of aromatic nitrogens is 4. The maximum Gasteiger partial charge on any atom is 0.407 e. The second-order valence-electron chi connectivity index (χ2n) is 7.93. The summed E-state index contributed by atoms with van der Waals surface area (Å²) >= 11 is 0. The number of hydrogen-bond donors (Lipinski definition) is 1. The van der Waals surface area contributed by atoms with Gasteiger partial charge in [0.2, 0.25) is 0 Å². The highest BCUT2D eigenvalue weighted by atomic mass is 16.6. The molecule has 2 aliphatic carbocycles. The fourth-order valence-electron chi connectivity index (χ4n) is 3.34. The lowest BCUT2D eigenvalue weighted by Gasteiger charge is -2.36. The van der Waals surface area contributed by atoms with Gasteiger partial charge in [0.1, 0.15) is 5.60 Å². The van der Waals surface area contributed by atoms with E-state index in [0.717, 1.165) is 12.8 Å². The summed E-state index contributed by atoms with van der Waals surface area (Å²) in [5, 5.41) is 2.86. The minimum absolute atomic E-state index is 0.0164. The van der Waals surface area contributed by atoms with Gasteiger partial charge < -0.3 is 10.1 Å². The maximum absolute atomic E-state index is 12.9. The van der Waals surface area contributed by atoms with E-state index in [-0.39, 0.29) is 23.8 Å². The lowest BCUT2D eigenvalue weighted by molar-refractivity contribution is 0.0456. The van der Waals surface area contributed by atoms with E-state index in [1.54, 1.807) is 21.5 Å². The monoisotopic (exact) mass is 345 g/mol. The van der Waals surface area contributed by atoms with Crippen molar-refractivity contribution in [3.05, 3.63) is 22.9 Å². The predicted octanol–water partition coefficient (Wildman–Crippen LogP) is 2.16. The summed E-state index contributed by atoms with van der Waals surface area (Å²) in [5.74, 6) is 0. The van der Waals surface area contributed by atoms with E-state index in [0.29, 0.717) is 24.1 Å². The maximum atomic E-state index is 12.9. The number of nitrogens with one attached hydrogen (secondary N) is 1. The molecule has 4 rings (SSSR count). The molecule has 0 atom stereocenters. The summed E-state index contributed by atoms with van der Waals surface area (Å²) in [7, 11) is 0. The van der Waals surface area contributed by atoms with Gasteiger partial charge in [0, 0.05) is 30.5 Å². The van der Waals surface area contributed by atoms with Crippen LogP contribution in [-0.2, 0) is 4.74 Å². The standard InChI is InChI=1S/C17H23N5O3/c1-17(2,3)25-15(23)20-10-8-12(9-10)22-14-13(18-6-7-19-14)21(16(22)24)11-4-5-11/h6-7,10-12H,4-5,8-9H2,1-3H3,(H,20,23). The van der Waals surface area contributed by atoms with Crippen LogP contribution in [0.2, 0.25) is 0 Å². The molecule has 2 aliphatic rings. The van der Waals surface area contributed by atoms with Gasteiger partial charge in [-0.15, -0.1) is 0 Å². The van der Waals surface area contributed by atoms with Crippen molar-refractivity contribution in [1.29, 1.82) is 0 Å². The average molecular weight is 345 g/mol. The molecule has 0 aliphatic heterocycles. The fourth-order valence-corrected chi connectivity index (χ4v) is 3.34. The van der Waals surface area contributed by atoms with Crippen molar-refractivity contribution in [3.63, 3.8) is 0 Å². The molecule has 134 valence electrons. The van der Waals surface area contributed by atoms with Gasteiger partial charge in [0.25, 0.3) is 0 Å². The molecule has 2 saturated carbocycles. The van der Waals surface area contributed by atoms with Crippen LogP contribution in [0.25, 0.3) is 11.3 Å². The van der Waals surface area contributed by atoms with Crippen LogP contribution in [0.1, 0.15) is 58.5 Å². The van der Waals surface area contributed by atoms with Crippen molar-refractivity contribution in [3.8, 4) is 0 Å². The zero-order valence-corrected chi connectivity index (χ0v) is 14.7. The Bertz CT molecular complexity index is 869. The predicted molar refractivity (Wildman–Crippen MR) is 91.5 cm³/mol. The van der Waals surface area contributed by atoms with Gasteiger partial charge in [-0.25, -0.2) is 19.6 Å². The first-order valence-electron chi connectivity index (χ1n) is 8.76. The van der Waals surface area contributed by atoms with E-state index in [9.17, 15) is 9.59 Å². The third-order valence-electron chi connectivity index (χ3n) is 4.64. The molecule has 8 nitrogen and oxygen atoms in total. The van der Waals surface area contributed by atoms with E-state index in [1.165, 1.54) is 0 Å². The first-order chi connectivity index (χ1) is 11.8. The minimum Gasteiger partial charge on any atom is -0.444 e. The highest BCUT2D eigenvalue weighted by molar-refractivity contribution is 5.69. The Kier molecular flexibility index (Phi) is 3.59. The quantitative estimate of drug-likeness (QED) is 0.920. The molecule has 2 heterocycles. The molecular weight excluding hydrogens is 322 g/mol. The number of hydrogen-bond acceptors (Lipinski definition) is 5. The van der Waals surface area contributed by atoms with Crippen molar-refractivity contribution in [2.45, 2.75) is 70.2 Å². The lowest BCUT2D eigenvalue weighted by Crippen LogP contribution is -2.48. The highest BCUT2D eigenvalue weighted by Crippen LogP contribution is 2.38. The Morgan fingerprint density at radius 2 is 1.68 bits per heavy atom. The van der Waals surface area contributed by atoms with Crippen LogP contribution in [0.15, 0.2) is 17.2 Å². The van der Waals surface area contributed by atoms with Gasteiger partial charge in [-0.05, 0) is 46.5 Å². The lowest BCUT2D eigenvalue weighted by atomic mass is 9.86. The Labute approximate surface area is 145 Å². The van der Waals surface area contributed by atoms with Crippen LogP contribution in [0.4, 0.5) is 4.79 Å². The Balaban J connectivity index is 1.51. The summed E-state index contributed by atoms with van der Waals surface area (Å²) in [6.45, 7) is 5.50. The number of carbonyl (C=O) groups is 1. The van der Waals surface area contributed by atoms with E-state index in [4.69, 9.17) is 4.74 Å². The molecule has 1 amide bonds. The molecule has 0 spiro atoms. The van der Waals surface area contributed by atoms with Crippen LogP contribution in [-0.4, -0.2) is 36.8 Å². The Morgan fingerprint density at radius 3 is 2.20 bits per heavy atom. The first kappa shape index (κ1) is 16.1. The number of ether oxygens (including phenoxy) is 1. The largest absolute Gasteiger partial charge is 0.444 e. The Morgan fingerprint density at radius 1 is 1.12 bits per heavy atom. The smallest absolute Gasteiger partial charge is 0.407 e. The molecule has 0 saturated heterocycles. The number of alkyl carbamates (subject to hydrolysis) is 1. The SMILES string of the molecule is CC(C)(C)OC(=O)NC1CC(n2c(=O)n(C3CC3)c3nccnc32)C1. The number of carbonyl (C=O) groups excluding carboxylic acids is 1. The fraction of sp³-hybridized carbons (Fsp3) is 0.647. The molecule has 0 radical (unpaired) electrons. The summed E-state index contributed by atoms with van der Waals surface area (Å²) in [4.78, 5) is 33.5. The normalized spacial score (nSPS) is 23.3. The Hall–Kier alpha value is -2.38. The van der Waals surface area contributed by atoms with Crippen molar-refractivity contribution < 1.29 is 9.53 Å².